The molecule has 0 unspecified atom stereocenters. The molecule has 0 atom stereocenters. The Balaban J connectivity index is 2.09. The summed E-state index contributed by atoms with van der Waals surface area (Å²) in [5.74, 6) is -0.372. The Morgan fingerprint density at radius 3 is 2.59 bits per heavy atom. The third-order valence-electron chi connectivity index (χ3n) is 2.71. The van der Waals surface area contributed by atoms with E-state index in [9.17, 15) is 9.59 Å². The lowest BCUT2D eigenvalue weighted by Crippen LogP contribution is -2.38. The molecule has 0 radical (unpaired) electrons. The number of hydrogen-bond donors (Lipinski definition) is 3. The molecule has 1 rings (SSSR count). The Hall–Kier alpha value is -1.66. The number of carboxylic acids is 1. The molecule has 0 aromatic heterocycles. The highest BCUT2D eigenvalue weighted by Gasteiger charge is 2.04. The van der Waals surface area contributed by atoms with Crippen LogP contribution in [0.4, 0.5) is 4.79 Å². The van der Waals surface area contributed by atoms with Gasteiger partial charge in [-0.25, -0.2) is 4.79 Å². The summed E-state index contributed by atoms with van der Waals surface area (Å²) in [6.07, 6.45) is 2.24. The minimum absolute atomic E-state index is 0.0216. The molecule has 8 heteroatoms. The largest absolute Gasteiger partial charge is 0.481 e. The van der Waals surface area contributed by atoms with Crippen molar-refractivity contribution in [3.8, 4) is 5.75 Å². The monoisotopic (exact) mass is 348 g/mol. The molecular formula is C14H18Cl2N2O4. The van der Waals surface area contributed by atoms with Crippen molar-refractivity contribution in [1.82, 2.24) is 10.6 Å². The molecule has 1 aromatic carbocycles. The Bertz CT molecular complexity index is 512. The lowest BCUT2D eigenvalue weighted by molar-refractivity contribution is -0.137. The number of unbranched alkanes of at least 4 members (excludes halogenated alkanes) is 2. The summed E-state index contributed by atoms with van der Waals surface area (Å²) in [6, 6.07) is 4.45. The van der Waals surface area contributed by atoms with E-state index < -0.39 is 5.97 Å². The summed E-state index contributed by atoms with van der Waals surface area (Å²) in [7, 11) is 0. The van der Waals surface area contributed by atoms with Gasteiger partial charge in [0, 0.05) is 18.0 Å². The second-order valence-corrected chi connectivity index (χ2v) is 5.34. The number of carbonyl (C=O) groups is 2. The van der Waals surface area contributed by atoms with E-state index in [2.05, 4.69) is 10.6 Å². The summed E-state index contributed by atoms with van der Waals surface area (Å²) < 4.78 is 5.31. The van der Waals surface area contributed by atoms with E-state index in [1.807, 2.05) is 0 Å². The molecule has 0 aliphatic carbocycles. The molecular weight excluding hydrogens is 331 g/mol. The van der Waals surface area contributed by atoms with E-state index in [4.69, 9.17) is 33.0 Å². The molecule has 0 aliphatic heterocycles. The summed E-state index contributed by atoms with van der Waals surface area (Å²) >= 11 is 11.7. The number of carbonyl (C=O) groups excluding carboxylic acids is 1. The second-order valence-electron chi connectivity index (χ2n) is 4.50. The zero-order chi connectivity index (χ0) is 16.4. The fraction of sp³-hybridized carbons (Fsp3) is 0.429. The summed E-state index contributed by atoms with van der Waals surface area (Å²) in [5, 5.41) is 14.5. The molecule has 3 N–H and O–H groups in total. The first-order chi connectivity index (χ1) is 10.5. The van der Waals surface area contributed by atoms with Crippen molar-refractivity contribution in [1.29, 1.82) is 0 Å². The molecule has 1 aromatic rings. The second kappa shape index (κ2) is 10.1. The number of urea groups is 1. The normalized spacial score (nSPS) is 10.1. The number of amides is 2. The fourth-order valence-corrected chi connectivity index (χ4v) is 2.08. The fourth-order valence-electron chi connectivity index (χ4n) is 1.61. The number of hydrogen-bond acceptors (Lipinski definition) is 3. The maximum atomic E-state index is 11.5. The van der Waals surface area contributed by atoms with Crippen LogP contribution in [0.25, 0.3) is 0 Å². The first kappa shape index (κ1) is 18.4. The van der Waals surface area contributed by atoms with Crippen LogP contribution in [0.15, 0.2) is 18.2 Å². The van der Waals surface area contributed by atoms with Crippen molar-refractivity contribution in [2.24, 2.45) is 0 Å². The van der Waals surface area contributed by atoms with Gasteiger partial charge in [-0.05, 0) is 31.0 Å². The predicted molar refractivity (Wildman–Crippen MR) is 84.6 cm³/mol. The SMILES string of the molecule is O=C(O)CCCCCNC(=O)NCOc1ccc(Cl)cc1Cl. The number of aliphatic carboxylic acids is 1. The number of nitrogens with one attached hydrogen (secondary N) is 2. The summed E-state index contributed by atoms with van der Waals surface area (Å²) in [5.41, 5.74) is 0. The van der Waals surface area contributed by atoms with Crippen LogP contribution in [0, 0.1) is 0 Å². The molecule has 0 spiro atoms. The highest BCUT2D eigenvalue weighted by molar-refractivity contribution is 6.35. The molecule has 122 valence electrons. The lowest BCUT2D eigenvalue weighted by atomic mass is 10.2. The molecule has 22 heavy (non-hydrogen) atoms. The van der Waals surface area contributed by atoms with Crippen LogP contribution in [-0.2, 0) is 4.79 Å². The third-order valence-corrected chi connectivity index (χ3v) is 3.24. The van der Waals surface area contributed by atoms with Crippen LogP contribution >= 0.6 is 23.2 Å². The van der Waals surface area contributed by atoms with Gasteiger partial charge in [-0.3, -0.25) is 4.79 Å². The van der Waals surface area contributed by atoms with Gasteiger partial charge in [-0.15, -0.1) is 0 Å². The van der Waals surface area contributed by atoms with Gasteiger partial charge < -0.3 is 20.5 Å². The van der Waals surface area contributed by atoms with E-state index in [1.165, 1.54) is 0 Å². The summed E-state index contributed by atoms with van der Waals surface area (Å²) in [4.78, 5) is 21.8. The molecule has 2 amide bonds. The van der Waals surface area contributed by atoms with Crippen molar-refractivity contribution in [3.63, 3.8) is 0 Å². The number of rotatable bonds is 9. The maximum absolute atomic E-state index is 11.5. The van der Waals surface area contributed by atoms with Crippen molar-refractivity contribution >= 4 is 35.2 Å². The van der Waals surface area contributed by atoms with Gasteiger partial charge >= 0.3 is 12.0 Å². The smallest absolute Gasteiger partial charge is 0.317 e. The van der Waals surface area contributed by atoms with E-state index >= 15 is 0 Å². The molecule has 0 aliphatic rings. The number of carboxylic acid groups (broad SMARTS) is 1. The number of ether oxygens (including phenoxy) is 1. The van der Waals surface area contributed by atoms with Gasteiger partial charge in [0.1, 0.15) is 5.75 Å². The van der Waals surface area contributed by atoms with Crippen LogP contribution in [0.3, 0.4) is 0 Å². The van der Waals surface area contributed by atoms with Crippen molar-refractivity contribution in [2.75, 3.05) is 13.3 Å². The molecule has 0 fully saturated rings. The zero-order valence-electron chi connectivity index (χ0n) is 11.9. The molecule has 0 saturated carbocycles. The van der Waals surface area contributed by atoms with Gasteiger partial charge in [0.25, 0.3) is 0 Å². The third kappa shape index (κ3) is 7.95. The van der Waals surface area contributed by atoms with E-state index in [-0.39, 0.29) is 19.2 Å². The van der Waals surface area contributed by atoms with Crippen molar-refractivity contribution in [2.45, 2.75) is 25.7 Å². The predicted octanol–water partition coefficient (Wildman–Crippen LogP) is 3.27. The van der Waals surface area contributed by atoms with Crippen molar-refractivity contribution < 1.29 is 19.4 Å². The lowest BCUT2D eigenvalue weighted by Gasteiger charge is -2.10. The molecule has 0 heterocycles. The highest BCUT2D eigenvalue weighted by atomic mass is 35.5. The first-order valence-electron chi connectivity index (χ1n) is 6.80. The standard InChI is InChI=1S/C14H18Cl2N2O4/c15-10-5-6-12(11(16)8-10)22-9-18-14(21)17-7-3-1-2-4-13(19)20/h5-6,8H,1-4,7,9H2,(H,19,20)(H2,17,18,21). The van der Waals surface area contributed by atoms with E-state index in [0.717, 1.165) is 12.8 Å². The van der Waals surface area contributed by atoms with E-state index in [1.54, 1.807) is 18.2 Å². The molecule has 0 saturated heterocycles. The Kier molecular flexibility index (Phi) is 8.47. The molecule has 6 nitrogen and oxygen atoms in total. The molecule has 0 bridgehead atoms. The average molecular weight is 349 g/mol. The Morgan fingerprint density at radius 1 is 1.14 bits per heavy atom. The minimum Gasteiger partial charge on any atom is -0.481 e. The average Bonchev–Trinajstić information content (AvgIpc) is 2.44. The number of benzene rings is 1. The van der Waals surface area contributed by atoms with Gasteiger partial charge in [0.05, 0.1) is 5.02 Å². The van der Waals surface area contributed by atoms with Gasteiger partial charge in [0.15, 0.2) is 6.73 Å². The first-order valence-corrected chi connectivity index (χ1v) is 7.56. The van der Waals surface area contributed by atoms with Gasteiger partial charge in [0.2, 0.25) is 0 Å². The topological polar surface area (TPSA) is 87.7 Å². The van der Waals surface area contributed by atoms with E-state index in [0.29, 0.717) is 28.8 Å². The maximum Gasteiger partial charge on any atom is 0.317 e. The van der Waals surface area contributed by atoms with Gasteiger partial charge in [-0.2, -0.15) is 0 Å². The summed E-state index contributed by atoms with van der Waals surface area (Å²) in [6.45, 7) is 0.458. The van der Waals surface area contributed by atoms with Crippen LogP contribution in [0.1, 0.15) is 25.7 Å². The van der Waals surface area contributed by atoms with Crippen LogP contribution in [0.5, 0.6) is 5.75 Å². The number of halogens is 2. The highest BCUT2D eigenvalue weighted by Crippen LogP contribution is 2.27. The zero-order valence-corrected chi connectivity index (χ0v) is 13.4. The Labute approximate surface area is 138 Å². The van der Waals surface area contributed by atoms with Crippen LogP contribution in [0.2, 0.25) is 10.0 Å². The van der Waals surface area contributed by atoms with Crippen LogP contribution in [-0.4, -0.2) is 30.4 Å². The van der Waals surface area contributed by atoms with Crippen LogP contribution < -0.4 is 15.4 Å². The minimum atomic E-state index is -0.802. The Morgan fingerprint density at radius 2 is 1.91 bits per heavy atom. The van der Waals surface area contributed by atoms with Gasteiger partial charge in [-0.1, -0.05) is 29.6 Å². The van der Waals surface area contributed by atoms with Crippen molar-refractivity contribution in [3.05, 3.63) is 28.2 Å². The quantitative estimate of drug-likeness (QED) is 0.472.